The van der Waals surface area contributed by atoms with Crippen molar-refractivity contribution in [2.24, 2.45) is 4.99 Å². The Labute approximate surface area is 184 Å². The number of nitrogens with zero attached hydrogens (tertiary/aromatic N) is 2. The molecule has 0 saturated heterocycles. The van der Waals surface area contributed by atoms with E-state index in [-0.39, 0.29) is 17.9 Å². The smallest absolute Gasteiger partial charge is 0.258 e. The van der Waals surface area contributed by atoms with Crippen LogP contribution >= 0.6 is 23.2 Å². The maximum absolute atomic E-state index is 12.0. The van der Waals surface area contributed by atoms with Crippen molar-refractivity contribution in [1.82, 2.24) is 10.4 Å². The number of aliphatic imine (C=N–C) groups is 1. The number of fused-ring (bicyclic) bond motifs is 1. The number of rotatable bonds is 6. The molecule has 2 aliphatic rings. The number of guanidine groups is 1. The molecule has 2 aromatic carbocycles. The molecule has 2 amide bonds. The highest BCUT2D eigenvalue weighted by Crippen LogP contribution is 2.32. The van der Waals surface area contributed by atoms with Gasteiger partial charge in [-0.15, -0.1) is 0 Å². The summed E-state index contributed by atoms with van der Waals surface area (Å²) in [6.07, 6.45) is 1.29. The Morgan fingerprint density at radius 2 is 1.90 bits per heavy atom. The number of halogens is 2. The largest absolute Gasteiger partial charge is 0.322 e. The molecule has 0 saturated carbocycles. The molecular weight excluding hydrogens is 427 g/mol. The summed E-state index contributed by atoms with van der Waals surface area (Å²) in [7, 11) is 0. The molecule has 0 aliphatic carbocycles. The number of anilines is 1. The minimum absolute atomic E-state index is 0.310. The van der Waals surface area contributed by atoms with Gasteiger partial charge >= 0.3 is 0 Å². The second kappa shape index (κ2) is 8.63. The minimum Gasteiger partial charge on any atom is -0.322 e. The minimum atomic E-state index is -0.384. The van der Waals surface area contributed by atoms with E-state index in [9.17, 15) is 9.59 Å². The number of amides is 2. The van der Waals surface area contributed by atoms with Crippen LogP contribution in [0.3, 0.4) is 0 Å². The fraction of sp³-hybridized carbons (Fsp3) is 0.286. The molecule has 0 spiro atoms. The molecule has 0 aromatic heterocycles. The molecule has 2 aliphatic heterocycles. The Hall–Kier alpha value is -2.61. The predicted octanol–water partition coefficient (Wildman–Crippen LogP) is 4.43. The maximum Gasteiger partial charge on any atom is 0.258 e. The van der Waals surface area contributed by atoms with Crippen molar-refractivity contribution in [2.75, 3.05) is 18.4 Å². The lowest BCUT2D eigenvalue weighted by Gasteiger charge is -2.27. The van der Waals surface area contributed by atoms with E-state index in [1.165, 1.54) is 0 Å². The molecule has 4 rings (SSSR count). The van der Waals surface area contributed by atoms with E-state index in [0.29, 0.717) is 45.9 Å². The van der Waals surface area contributed by atoms with Crippen LogP contribution in [0.15, 0.2) is 41.4 Å². The number of nitrogens with one attached hydrogen (secondary N) is 2. The average molecular weight is 447 g/mol. The molecule has 2 heterocycles. The van der Waals surface area contributed by atoms with Gasteiger partial charge in [0, 0.05) is 0 Å². The van der Waals surface area contributed by atoms with Gasteiger partial charge in [0.2, 0.25) is 5.96 Å². The molecule has 9 heteroatoms. The van der Waals surface area contributed by atoms with Gasteiger partial charge in [-0.05, 0) is 36.2 Å². The van der Waals surface area contributed by atoms with Crippen LogP contribution in [0.2, 0.25) is 10.0 Å². The number of hydrogen-bond acceptors (Lipinski definition) is 6. The lowest BCUT2D eigenvalue weighted by molar-refractivity contribution is -0.145. The number of hydrogen-bond donors (Lipinski definition) is 2. The summed E-state index contributed by atoms with van der Waals surface area (Å²) in [5, 5.41) is 8.12. The van der Waals surface area contributed by atoms with Crippen molar-refractivity contribution in [1.29, 1.82) is 0 Å². The third kappa shape index (κ3) is 4.01. The summed E-state index contributed by atoms with van der Waals surface area (Å²) >= 11 is 12.5. The monoisotopic (exact) mass is 446 g/mol. The van der Waals surface area contributed by atoms with Gasteiger partial charge < -0.3 is 5.32 Å². The van der Waals surface area contributed by atoms with E-state index in [4.69, 9.17) is 28.0 Å². The zero-order chi connectivity index (χ0) is 21.3. The number of para-hydroxylation sites is 1. The molecular formula is C21H20Cl2N4O3. The van der Waals surface area contributed by atoms with Crippen molar-refractivity contribution >= 4 is 46.7 Å². The number of imide groups is 1. The molecule has 2 aromatic rings. The highest BCUT2D eigenvalue weighted by Gasteiger charge is 2.29. The Bertz CT molecular complexity index is 1020. The molecule has 30 heavy (non-hydrogen) atoms. The molecule has 2 N–H and O–H groups in total. The van der Waals surface area contributed by atoms with Gasteiger partial charge in [0.1, 0.15) is 6.10 Å². The first-order valence-electron chi connectivity index (χ1n) is 9.67. The number of benzene rings is 2. The van der Waals surface area contributed by atoms with Gasteiger partial charge in [0.25, 0.3) is 11.8 Å². The van der Waals surface area contributed by atoms with Crippen molar-refractivity contribution in [3.63, 3.8) is 0 Å². The molecule has 0 bridgehead atoms. The Morgan fingerprint density at radius 1 is 1.17 bits per heavy atom. The topological polar surface area (TPSA) is 83.0 Å². The van der Waals surface area contributed by atoms with Crippen molar-refractivity contribution in [2.45, 2.75) is 25.9 Å². The Morgan fingerprint density at radius 3 is 2.63 bits per heavy atom. The van der Waals surface area contributed by atoms with Gasteiger partial charge in [-0.25, -0.2) is 10.1 Å². The van der Waals surface area contributed by atoms with Gasteiger partial charge in [-0.3, -0.25) is 19.7 Å². The first-order chi connectivity index (χ1) is 14.5. The molecule has 0 fully saturated rings. The van der Waals surface area contributed by atoms with Crippen LogP contribution in [0, 0.1) is 0 Å². The highest BCUT2D eigenvalue weighted by atomic mass is 35.5. The van der Waals surface area contributed by atoms with Crippen LogP contribution in [-0.2, 0) is 4.84 Å². The van der Waals surface area contributed by atoms with Gasteiger partial charge in [-0.2, -0.15) is 0 Å². The summed E-state index contributed by atoms with van der Waals surface area (Å²) in [4.78, 5) is 34.6. The standard InChI is InChI=1S/C21H20Cl2N4O3/c1-2-4-17(12-7-8-13-14(11-12)20(29)26-19(13)28)30-27-10-9-24-21(27)25-18-15(22)5-3-6-16(18)23/h3,5-8,11,17H,2,4,9-10H2,1H3,(H,24,25)(H,26,28,29). The van der Waals surface area contributed by atoms with Crippen LogP contribution in [0.5, 0.6) is 0 Å². The van der Waals surface area contributed by atoms with Crippen molar-refractivity contribution < 1.29 is 14.4 Å². The van der Waals surface area contributed by atoms with E-state index in [1.807, 2.05) is 6.07 Å². The number of carbonyl (C=O) groups is 2. The second-order valence-electron chi connectivity index (χ2n) is 7.00. The molecule has 1 unspecified atom stereocenters. The first kappa shape index (κ1) is 20.7. The zero-order valence-corrected chi connectivity index (χ0v) is 17.8. The summed E-state index contributed by atoms with van der Waals surface area (Å²) < 4.78 is 0. The van der Waals surface area contributed by atoms with Gasteiger partial charge in [0.05, 0.1) is 39.9 Å². The Balaban J connectivity index is 1.55. The predicted molar refractivity (Wildman–Crippen MR) is 116 cm³/mol. The summed E-state index contributed by atoms with van der Waals surface area (Å²) in [6, 6.07) is 10.5. The number of hydroxylamine groups is 2. The third-order valence-electron chi connectivity index (χ3n) is 4.94. The van der Waals surface area contributed by atoms with Crippen LogP contribution in [0.1, 0.15) is 52.1 Å². The van der Waals surface area contributed by atoms with Gasteiger partial charge in [0.15, 0.2) is 0 Å². The fourth-order valence-corrected chi connectivity index (χ4v) is 3.94. The molecule has 1 atom stereocenters. The normalized spacial score (nSPS) is 16.4. The Kier molecular flexibility index (Phi) is 5.94. The molecule has 7 nitrogen and oxygen atoms in total. The van der Waals surface area contributed by atoms with Crippen LogP contribution in [0.4, 0.5) is 5.69 Å². The molecule has 156 valence electrons. The fourth-order valence-electron chi connectivity index (χ4n) is 3.45. The lowest BCUT2D eigenvalue weighted by Crippen LogP contribution is -2.34. The maximum atomic E-state index is 12.0. The highest BCUT2D eigenvalue weighted by molar-refractivity contribution is 6.39. The average Bonchev–Trinajstić information content (AvgIpc) is 3.28. The van der Waals surface area contributed by atoms with Crippen molar-refractivity contribution in [3.05, 3.63) is 63.1 Å². The van der Waals surface area contributed by atoms with Crippen LogP contribution in [0.25, 0.3) is 0 Å². The quantitative estimate of drug-likeness (QED) is 0.641. The van der Waals surface area contributed by atoms with E-state index in [1.54, 1.807) is 35.4 Å². The van der Waals surface area contributed by atoms with E-state index >= 15 is 0 Å². The van der Waals surface area contributed by atoms with E-state index < -0.39 is 0 Å². The summed E-state index contributed by atoms with van der Waals surface area (Å²) in [6.45, 7) is 3.18. The zero-order valence-electron chi connectivity index (χ0n) is 16.2. The third-order valence-corrected chi connectivity index (χ3v) is 5.57. The van der Waals surface area contributed by atoms with Crippen LogP contribution in [-0.4, -0.2) is 35.9 Å². The molecule has 0 radical (unpaired) electrons. The van der Waals surface area contributed by atoms with Crippen LogP contribution < -0.4 is 10.6 Å². The van der Waals surface area contributed by atoms with Gasteiger partial charge in [-0.1, -0.05) is 48.7 Å². The lowest BCUT2D eigenvalue weighted by atomic mass is 10.00. The van der Waals surface area contributed by atoms with E-state index in [0.717, 1.165) is 18.4 Å². The second-order valence-corrected chi connectivity index (χ2v) is 7.81. The SMILES string of the molecule is CCCC(ON1CCN=C1Nc1c(Cl)cccc1Cl)c1ccc2c(c1)C(=O)NC2=O. The van der Waals surface area contributed by atoms with Crippen molar-refractivity contribution in [3.8, 4) is 0 Å². The summed E-state index contributed by atoms with van der Waals surface area (Å²) in [5.74, 6) is -0.241. The summed E-state index contributed by atoms with van der Waals surface area (Å²) in [5.41, 5.74) is 2.15. The number of carbonyl (C=O) groups excluding carboxylic acids is 2. The first-order valence-corrected chi connectivity index (χ1v) is 10.4. The van der Waals surface area contributed by atoms with E-state index in [2.05, 4.69) is 22.5 Å².